The summed E-state index contributed by atoms with van der Waals surface area (Å²) in [6.07, 6.45) is 2.02. The van der Waals surface area contributed by atoms with Crippen molar-refractivity contribution in [3.63, 3.8) is 0 Å². The van der Waals surface area contributed by atoms with Gasteiger partial charge in [-0.2, -0.15) is 4.37 Å². The van der Waals surface area contributed by atoms with E-state index in [1.807, 2.05) is 19.1 Å². The molecule has 154 valence electrons. The Labute approximate surface area is 178 Å². The van der Waals surface area contributed by atoms with Crippen molar-refractivity contribution >= 4 is 23.4 Å². The van der Waals surface area contributed by atoms with Gasteiger partial charge >= 0.3 is 5.97 Å². The van der Waals surface area contributed by atoms with Crippen molar-refractivity contribution in [2.24, 2.45) is 0 Å². The zero-order valence-corrected chi connectivity index (χ0v) is 17.3. The Morgan fingerprint density at radius 1 is 1.10 bits per heavy atom. The van der Waals surface area contributed by atoms with E-state index in [-0.39, 0.29) is 17.5 Å². The van der Waals surface area contributed by atoms with Crippen LogP contribution in [-0.4, -0.2) is 27.4 Å². The Bertz CT molecular complexity index is 1010. The van der Waals surface area contributed by atoms with Crippen LogP contribution in [0.1, 0.15) is 63.8 Å². The van der Waals surface area contributed by atoms with Gasteiger partial charge in [-0.15, -0.1) is 0 Å². The topological polar surface area (TPSA) is 88.5 Å². The van der Waals surface area contributed by atoms with Gasteiger partial charge in [0.1, 0.15) is 17.5 Å². The average Bonchev–Trinajstić information content (AvgIpc) is 3.45. The van der Waals surface area contributed by atoms with Crippen molar-refractivity contribution in [3.8, 4) is 5.75 Å². The lowest BCUT2D eigenvalue weighted by molar-refractivity contribution is 0.0696. The van der Waals surface area contributed by atoms with E-state index in [9.17, 15) is 9.59 Å². The highest BCUT2D eigenvalue weighted by Gasteiger charge is 2.27. The summed E-state index contributed by atoms with van der Waals surface area (Å²) >= 11 is 1.23. The molecule has 2 atom stereocenters. The first-order valence-electron chi connectivity index (χ1n) is 9.82. The highest BCUT2D eigenvalue weighted by Crippen LogP contribution is 2.40. The molecule has 1 fully saturated rings. The summed E-state index contributed by atoms with van der Waals surface area (Å²) in [4.78, 5) is 23.6. The number of amides is 1. The number of ether oxygens (including phenoxy) is 1. The van der Waals surface area contributed by atoms with Gasteiger partial charge in [-0.25, -0.2) is 4.79 Å². The number of aromatic carboxylic acids is 1. The lowest BCUT2D eigenvalue weighted by Crippen LogP contribution is -2.39. The lowest BCUT2D eigenvalue weighted by atomic mass is 10.00. The minimum absolute atomic E-state index is 0.192. The first kappa shape index (κ1) is 20.1. The molecule has 0 saturated heterocycles. The molecular formula is C23H22N2O4S. The minimum atomic E-state index is -0.988. The van der Waals surface area contributed by atoms with E-state index in [0.29, 0.717) is 17.4 Å². The van der Waals surface area contributed by atoms with Gasteiger partial charge in [0.2, 0.25) is 0 Å². The maximum absolute atomic E-state index is 12.5. The van der Waals surface area contributed by atoms with Crippen LogP contribution in [0.3, 0.4) is 0 Å². The molecule has 30 heavy (non-hydrogen) atoms. The first-order valence-corrected chi connectivity index (χ1v) is 10.7. The molecule has 0 bridgehead atoms. The molecule has 2 aromatic carbocycles. The maximum Gasteiger partial charge on any atom is 0.335 e. The number of nitrogens with zero attached hydrogens (tertiary/aromatic N) is 1. The minimum Gasteiger partial charge on any atom is -0.484 e. The van der Waals surface area contributed by atoms with Crippen molar-refractivity contribution in [2.75, 3.05) is 0 Å². The van der Waals surface area contributed by atoms with Gasteiger partial charge < -0.3 is 15.2 Å². The van der Waals surface area contributed by atoms with Crippen molar-refractivity contribution in [2.45, 2.75) is 37.8 Å². The number of carboxylic acid groups (broad SMARTS) is 1. The third-order valence-electron chi connectivity index (χ3n) is 5.16. The molecule has 0 spiro atoms. The molecule has 0 unspecified atom stereocenters. The Hall–Kier alpha value is -3.19. The number of carbonyl (C=O) groups excluding carboxylic acids is 1. The summed E-state index contributed by atoms with van der Waals surface area (Å²) in [6.45, 7) is 1.88. The van der Waals surface area contributed by atoms with Gasteiger partial charge in [0, 0.05) is 5.38 Å². The van der Waals surface area contributed by atoms with Crippen LogP contribution in [0.5, 0.6) is 5.75 Å². The van der Waals surface area contributed by atoms with Gasteiger partial charge in [-0.1, -0.05) is 24.3 Å². The average molecular weight is 423 g/mol. The van der Waals surface area contributed by atoms with Crippen molar-refractivity contribution < 1.29 is 19.4 Å². The predicted octanol–water partition coefficient (Wildman–Crippen LogP) is 4.66. The van der Waals surface area contributed by atoms with Crippen LogP contribution in [0.15, 0.2) is 60.0 Å². The smallest absolute Gasteiger partial charge is 0.335 e. The third-order valence-corrected chi connectivity index (χ3v) is 5.72. The molecule has 1 aromatic heterocycles. The number of nitrogens with one attached hydrogen (secondary N) is 1. The second-order valence-corrected chi connectivity index (χ2v) is 8.12. The molecule has 1 aliphatic carbocycles. The molecule has 7 heteroatoms. The zero-order chi connectivity index (χ0) is 21.1. The highest BCUT2D eigenvalue weighted by atomic mass is 32.1. The normalized spacial score (nSPS) is 15.2. The number of hydrogen-bond acceptors (Lipinski definition) is 5. The van der Waals surface area contributed by atoms with Crippen LogP contribution in [-0.2, 0) is 0 Å². The summed E-state index contributed by atoms with van der Waals surface area (Å²) in [7, 11) is 0. The van der Waals surface area contributed by atoms with Gasteiger partial charge in [-0.3, -0.25) is 4.79 Å². The number of aromatic nitrogens is 1. The molecule has 0 radical (unpaired) electrons. The maximum atomic E-state index is 12.5. The molecular weight excluding hydrogens is 400 g/mol. The predicted molar refractivity (Wildman–Crippen MR) is 114 cm³/mol. The molecule has 1 saturated carbocycles. The van der Waals surface area contributed by atoms with Crippen LogP contribution in [0, 0.1) is 0 Å². The summed E-state index contributed by atoms with van der Waals surface area (Å²) in [5, 5.41) is 13.8. The fourth-order valence-corrected chi connectivity index (χ4v) is 3.85. The Morgan fingerprint density at radius 2 is 1.80 bits per heavy atom. The van der Waals surface area contributed by atoms with Gasteiger partial charge in [0.25, 0.3) is 5.91 Å². The fourth-order valence-electron chi connectivity index (χ4n) is 3.34. The summed E-state index contributed by atoms with van der Waals surface area (Å²) < 4.78 is 10.3. The van der Waals surface area contributed by atoms with Gasteiger partial charge in [-0.05, 0) is 78.7 Å². The number of hydrogen-bond donors (Lipinski definition) is 2. The fraction of sp³-hybridized carbons (Fsp3) is 0.261. The van der Waals surface area contributed by atoms with Crippen LogP contribution < -0.4 is 10.1 Å². The van der Waals surface area contributed by atoms with E-state index in [4.69, 9.17) is 9.84 Å². The van der Waals surface area contributed by atoms with Gasteiger partial charge in [0.15, 0.2) is 0 Å². The van der Waals surface area contributed by atoms with Crippen LogP contribution >= 0.6 is 11.5 Å². The molecule has 4 rings (SSSR count). The summed E-state index contributed by atoms with van der Waals surface area (Å²) in [5.74, 6) is -0.0550. The van der Waals surface area contributed by atoms with Crippen LogP contribution in [0.25, 0.3) is 0 Å². The lowest BCUT2D eigenvalue weighted by Gasteiger charge is -2.26. The molecule has 3 aromatic rings. The summed E-state index contributed by atoms with van der Waals surface area (Å²) in [5.41, 5.74) is 2.83. The van der Waals surface area contributed by atoms with Gasteiger partial charge in [0.05, 0.1) is 11.6 Å². The van der Waals surface area contributed by atoms with E-state index >= 15 is 0 Å². The Morgan fingerprint density at radius 3 is 2.37 bits per heavy atom. The number of benzene rings is 2. The third kappa shape index (κ3) is 4.68. The van der Waals surface area contributed by atoms with Crippen molar-refractivity contribution in [1.82, 2.24) is 9.69 Å². The molecule has 1 aliphatic rings. The molecule has 0 aliphatic heterocycles. The van der Waals surface area contributed by atoms with Crippen molar-refractivity contribution in [1.29, 1.82) is 0 Å². The molecule has 2 N–H and O–H groups in total. The second-order valence-electron chi connectivity index (χ2n) is 7.46. The second kappa shape index (κ2) is 8.67. The molecule has 1 heterocycles. The number of carbonyl (C=O) groups is 2. The van der Waals surface area contributed by atoms with E-state index in [2.05, 4.69) is 21.8 Å². The monoisotopic (exact) mass is 422 g/mol. The van der Waals surface area contributed by atoms with Crippen LogP contribution in [0.4, 0.5) is 0 Å². The van der Waals surface area contributed by atoms with E-state index in [1.165, 1.54) is 42.1 Å². The van der Waals surface area contributed by atoms with E-state index < -0.39 is 12.1 Å². The standard InChI is InChI=1S/C23H22N2O4S/c1-14(24-22(26)20-12-13-30-25-20)21(17-6-4-16(5-7-17)15-2-3-15)29-19-10-8-18(9-11-19)23(27)28/h4-15,21H,2-3H2,1H3,(H,24,26)(H,27,28)/t14-,21-/m0/s1. The van der Waals surface area contributed by atoms with E-state index in [1.54, 1.807) is 23.6 Å². The first-order chi connectivity index (χ1) is 14.5. The summed E-state index contributed by atoms with van der Waals surface area (Å²) in [6, 6.07) is 15.9. The SMILES string of the molecule is C[C@H](NC(=O)c1ccsn1)[C@H](Oc1ccc(C(=O)O)cc1)c1ccc(C2CC2)cc1. The largest absolute Gasteiger partial charge is 0.484 e. The van der Waals surface area contributed by atoms with Crippen LogP contribution in [0.2, 0.25) is 0 Å². The molecule has 1 amide bonds. The molecule has 6 nitrogen and oxygen atoms in total. The highest BCUT2D eigenvalue weighted by molar-refractivity contribution is 7.03. The van der Waals surface area contributed by atoms with Crippen molar-refractivity contribution in [3.05, 3.63) is 82.4 Å². The zero-order valence-electron chi connectivity index (χ0n) is 16.4. The Balaban J connectivity index is 1.56. The Kier molecular flexibility index (Phi) is 5.81. The number of carboxylic acids is 1. The van der Waals surface area contributed by atoms with E-state index in [0.717, 1.165) is 5.56 Å². The quantitative estimate of drug-likeness (QED) is 0.551. The number of rotatable bonds is 8.